The van der Waals surface area contributed by atoms with Crippen LogP contribution in [-0.4, -0.2) is 27.1 Å². The van der Waals surface area contributed by atoms with Crippen molar-refractivity contribution in [1.29, 1.82) is 0 Å². The zero-order valence-electron chi connectivity index (χ0n) is 12.5. The van der Waals surface area contributed by atoms with Crippen molar-refractivity contribution in [3.63, 3.8) is 0 Å². The molecule has 0 radical (unpaired) electrons. The summed E-state index contributed by atoms with van der Waals surface area (Å²) in [6.45, 7) is -0.616. The Morgan fingerprint density at radius 2 is 1.83 bits per heavy atom. The molecule has 0 aliphatic carbocycles. The summed E-state index contributed by atoms with van der Waals surface area (Å²) in [7, 11) is -3.89. The van der Waals surface area contributed by atoms with E-state index in [2.05, 4.69) is 5.32 Å². The summed E-state index contributed by atoms with van der Waals surface area (Å²) in [4.78, 5) is 12.1. The Morgan fingerprint density at radius 1 is 1.17 bits per heavy atom. The lowest BCUT2D eigenvalue weighted by atomic mass is 10.3. The highest BCUT2D eigenvalue weighted by Crippen LogP contribution is 2.22. The highest BCUT2D eigenvalue weighted by molar-refractivity contribution is 7.92. The molecule has 0 aliphatic heterocycles. The molecule has 0 atom stereocenters. The molecule has 0 saturated carbocycles. The summed E-state index contributed by atoms with van der Waals surface area (Å²) in [6, 6.07) is 8.98. The van der Waals surface area contributed by atoms with E-state index in [9.17, 15) is 22.0 Å². The lowest BCUT2D eigenvalue weighted by molar-refractivity contribution is -0.114. The quantitative estimate of drug-likeness (QED) is 0.874. The second kappa shape index (κ2) is 7.14. The van der Waals surface area contributed by atoms with E-state index in [1.54, 1.807) is 24.3 Å². The Balaban J connectivity index is 2.25. The zero-order valence-corrected chi connectivity index (χ0v) is 14.0. The molecule has 2 aromatic carbocycles. The van der Waals surface area contributed by atoms with E-state index in [1.165, 1.54) is 0 Å². The third-order valence-electron chi connectivity index (χ3n) is 3.03. The highest BCUT2D eigenvalue weighted by atomic mass is 35.5. The first-order chi connectivity index (χ1) is 11.2. The fraction of sp³-hybridized carbons (Fsp3) is 0.133. The van der Waals surface area contributed by atoms with Crippen molar-refractivity contribution in [1.82, 2.24) is 0 Å². The van der Waals surface area contributed by atoms with Gasteiger partial charge in [0.05, 0.1) is 22.7 Å². The van der Waals surface area contributed by atoms with Crippen LogP contribution in [0, 0.1) is 11.6 Å². The molecule has 0 aromatic heterocycles. The van der Waals surface area contributed by atoms with Gasteiger partial charge in [-0.2, -0.15) is 0 Å². The van der Waals surface area contributed by atoms with Crippen LogP contribution < -0.4 is 9.62 Å². The number of benzene rings is 2. The van der Waals surface area contributed by atoms with Crippen molar-refractivity contribution in [2.75, 3.05) is 22.4 Å². The van der Waals surface area contributed by atoms with Crippen LogP contribution in [0.25, 0.3) is 0 Å². The number of rotatable bonds is 5. The monoisotopic (exact) mass is 374 g/mol. The van der Waals surface area contributed by atoms with E-state index < -0.39 is 34.1 Å². The average Bonchev–Trinajstić information content (AvgIpc) is 2.49. The molecule has 5 nitrogen and oxygen atoms in total. The van der Waals surface area contributed by atoms with Crippen LogP contribution in [0.4, 0.5) is 20.2 Å². The second-order valence-corrected chi connectivity index (χ2v) is 7.21. The molecule has 128 valence electrons. The first-order valence-corrected chi connectivity index (χ1v) is 8.88. The summed E-state index contributed by atoms with van der Waals surface area (Å²) in [5.74, 6) is -3.02. The van der Waals surface area contributed by atoms with E-state index in [1.807, 2.05) is 0 Å². The molecule has 0 fully saturated rings. The normalized spacial score (nSPS) is 11.2. The maximum Gasteiger partial charge on any atom is 0.245 e. The molecule has 1 amide bonds. The maximum atomic E-state index is 13.4. The van der Waals surface area contributed by atoms with Gasteiger partial charge in [0.1, 0.15) is 6.54 Å². The molecule has 0 aliphatic rings. The lowest BCUT2D eigenvalue weighted by Gasteiger charge is -2.22. The third-order valence-corrected chi connectivity index (χ3v) is 4.50. The Morgan fingerprint density at radius 3 is 2.42 bits per heavy atom. The molecule has 0 saturated heterocycles. The zero-order chi connectivity index (χ0) is 17.9. The lowest BCUT2D eigenvalue weighted by Crippen LogP contribution is -2.37. The number of hydrogen-bond donors (Lipinski definition) is 1. The largest absolute Gasteiger partial charge is 0.323 e. The summed E-state index contributed by atoms with van der Waals surface area (Å²) >= 11 is 5.91. The minimum absolute atomic E-state index is 0.161. The fourth-order valence-electron chi connectivity index (χ4n) is 1.92. The Labute approximate surface area is 142 Å². The minimum Gasteiger partial charge on any atom is -0.323 e. The van der Waals surface area contributed by atoms with Crippen molar-refractivity contribution >= 4 is 38.9 Å². The number of halogens is 3. The summed E-state index contributed by atoms with van der Waals surface area (Å²) in [6.07, 6.45) is 0.858. The van der Waals surface area contributed by atoms with Crippen molar-refractivity contribution in [2.45, 2.75) is 0 Å². The molecule has 1 N–H and O–H groups in total. The van der Waals surface area contributed by atoms with Gasteiger partial charge in [-0.05, 0) is 24.3 Å². The smallest absolute Gasteiger partial charge is 0.245 e. The van der Waals surface area contributed by atoms with Crippen molar-refractivity contribution in [3.05, 3.63) is 59.1 Å². The molecule has 9 heteroatoms. The summed E-state index contributed by atoms with van der Waals surface area (Å²) in [5, 5.41) is 2.75. The van der Waals surface area contributed by atoms with Crippen LogP contribution in [0.2, 0.25) is 5.02 Å². The fourth-order valence-corrected chi connectivity index (χ4v) is 2.95. The number of nitrogens with zero attached hydrogens (tertiary/aromatic N) is 1. The van der Waals surface area contributed by atoms with Gasteiger partial charge in [-0.3, -0.25) is 9.10 Å². The van der Waals surface area contributed by atoms with E-state index in [4.69, 9.17) is 11.6 Å². The van der Waals surface area contributed by atoms with Gasteiger partial charge in [-0.15, -0.1) is 0 Å². The molecule has 24 heavy (non-hydrogen) atoms. The Hall–Kier alpha value is -2.19. The molecule has 0 heterocycles. The van der Waals surface area contributed by atoms with Crippen LogP contribution in [0.15, 0.2) is 42.5 Å². The van der Waals surface area contributed by atoms with Gasteiger partial charge in [0.2, 0.25) is 15.9 Å². The number of sulfonamides is 1. The first kappa shape index (κ1) is 18.2. The van der Waals surface area contributed by atoms with Crippen molar-refractivity contribution < 1.29 is 22.0 Å². The van der Waals surface area contributed by atoms with E-state index in [-0.39, 0.29) is 10.7 Å². The highest BCUT2D eigenvalue weighted by Gasteiger charge is 2.22. The summed E-state index contributed by atoms with van der Waals surface area (Å²) in [5.41, 5.74) is 0.147. The van der Waals surface area contributed by atoms with Crippen LogP contribution in [0.5, 0.6) is 0 Å². The number of hydrogen-bond acceptors (Lipinski definition) is 3. The first-order valence-electron chi connectivity index (χ1n) is 6.65. The van der Waals surface area contributed by atoms with E-state index >= 15 is 0 Å². The topological polar surface area (TPSA) is 66.5 Å². The number of para-hydroxylation sites is 1. The van der Waals surface area contributed by atoms with Gasteiger partial charge in [0.25, 0.3) is 0 Å². The minimum atomic E-state index is -3.89. The Bertz CT molecular complexity index is 875. The molecule has 2 aromatic rings. The molecular formula is C15H13ClF2N2O3S. The maximum absolute atomic E-state index is 13.4. The second-order valence-electron chi connectivity index (χ2n) is 4.90. The molecule has 0 unspecified atom stereocenters. The van der Waals surface area contributed by atoms with Crippen LogP contribution in [0.3, 0.4) is 0 Å². The van der Waals surface area contributed by atoms with Gasteiger partial charge in [-0.1, -0.05) is 23.7 Å². The van der Waals surface area contributed by atoms with Crippen LogP contribution in [-0.2, 0) is 14.8 Å². The Kier molecular flexibility index (Phi) is 5.40. The number of nitrogens with one attached hydrogen (secondary N) is 1. The van der Waals surface area contributed by atoms with Gasteiger partial charge in [0, 0.05) is 6.07 Å². The van der Waals surface area contributed by atoms with Crippen LogP contribution >= 0.6 is 11.6 Å². The average molecular weight is 375 g/mol. The van der Waals surface area contributed by atoms with Gasteiger partial charge >= 0.3 is 0 Å². The van der Waals surface area contributed by atoms with Gasteiger partial charge < -0.3 is 5.32 Å². The van der Waals surface area contributed by atoms with E-state index in [0.717, 1.165) is 18.4 Å². The predicted octanol–water partition coefficient (Wildman–Crippen LogP) is 3.02. The third kappa shape index (κ3) is 4.42. The van der Waals surface area contributed by atoms with Gasteiger partial charge in [-0.25, -0.2) is 17.2 Å². The molecule has 2 rings (SSSR count). The standard InChI is InChI=1S/C15H13ClF2N2O3S/c1-24(22,23)20(10-6-7-12(17)13(18)8-10)9-15(21)19-14-5-3-2-4-11(14)16/h2-8H,9H2,1H3,(H,19,21). The SMILES string of the molecule is CS(=O)(=O)N(CC(=O)Nc1ccccc1Cl)c1ccc(F)c(F)c1. The van der Waals surface area contributed by atoms with Gasteiger partial charge in [0.15, 0.2) is 11.6 Å². The number of carbonyl (C=O) groups excluding carboxylic acids is 1. The molecular weight excluding hydrogens is 362 g/mol. The van der Waals surface area contributed by atoms with E-state index in [0.29, 0.717) is 16.1 Å². The summed E-state index contributed by atoms with van der Waals surface area (Å²) < 4.78 is 50.8. The molecule has 0 bridgehead atoms. The number of amides is 1. The predicted molar refractivity (Wildman–Crippen MR) is 88.6 cm³/mol. The van der Waals surface area contributed by atoms with Crippen molar-refractivity contribution in [3.8, 4) is 0 Å². The number of anilines is 2. The number of carbonyl (C=O) groups is 1. The van der Waals surface area contributed by atoms with Crippen LogP contribution in [0.1, 0.15) is 0 Å². The van der Waals surface area contributed by atoms with Crippen molar-refractivity contribution in [2.24, 2.45) is 0 Å². The molecule has 0 spiro atoms.